The fourth-order valence-electron chi connectivity index (χ4n) is 2.00. The van der Waals surface area contributed by atoms with Gasteiger partial charge in [-0.2, -0.15) is 0 Å². The van der Waals surface area contributed by atoms with Crippen LogP contribution in [0.5, 0.6) is 0 Å². The van der Waals surface area contributed by atoms with E-state index in [1.165, 1.54) is 26.9 Å². The van der Waals surface area contributed by atoms with Crippen LogP contribution in [0.3, 0.4) is 0 Å². The lowest BCUT2D eigenvalue weighted by Crippen LogP contribution is -2.05. The molecule has 1 heterocycles. The second-order valence-electron chi connectivity index (χ2n) is 3.92. The topological polar surface area (TPSA) is 12.0 Å². The molecule has 1 aromatic heterocycles. The first-order valence-electron chi connectivity index (χ1n) is 5.60. The summed E-state index contributed by atoms with van der Waals surface area (Å²) in [5, 5.41) is 5.41. The van der Waals surface area contributed by atoms with Gasteiger partial charge in [0.05, 0.1) is 0 Å². The van der Waals surface area contributed by atoms with Gasteiger partial charge in [-0.1, -0.05) is 24.9 Å². The van der Waals surface area contributed by atoms with Gasteiger partial charge in [-0.3, -0.25) is 0 Å². The van der Waals surface area contributed by atoms with E-state index in [0.717, 1.165) is 18.0 Å². The zero-order chi connectivity index (χ0) is 11.5. The average molecular weight is 254 g/mol. The molecule has 2 aromatic rings. The Hall–Kier alpha value is -0.570. The van der Waals surface area contributed by atoms with Crippen LogP contribution in [0, 0.1) is 0 Å². The van der Waals surface area contributed by atoms with Gasteiger partial charge in [-0.15, -0.1) is 11.3 Å². The molecule has 0 aliphatic rings. The minimum atomic E-state index is 0.832. The summed E-state index contributed by atoms with van der Waals surface area (Å²) in [5.41, 5.74) is 1.47. The van der Waals surface area contributed by atoms with Gasteiger partial charge in [0.2, 0.25) is 0 Å². The third-order valence-corrected chi connectivity index (χ3v) is 4.12. The molecule has 0 radical (unpaired) electrons. The quantitative estimate of drug-likeness (QED) is 0.860. The average Bonchev–Trinajstić information content (AvgIpc) is 2.58. The van der Waals surface area contributed by atoms with E-state index in [0.29, 0.717) is 0 Å². The standard InChI is InChI=1S/C13H16ClNS/c1-3-4-10-11-7-9(14)5-6-12(11)16-13(10)8-15-2/h5-7,15H,3-4,8H2,1-2H3. The molecule has 0 unspecified atom stereocenters. The normalized spacial score (nSPS) is 11.2. The number of hydrogen-bond acceptors (Lipinski definition) is 2. The monoisotopic (exact) mass is 253 g/mol. The first-order valence-corrected chi connectivity index (χ1v) is 6.80. The van der Waals surface area contributed by atoms with Crippen molar-refractivity contribution in [3.63, 3.8) is 0 Å². The van der Waals surface area contributed by atoms with Crippen LogP contribution in [0.2, 0.25) is 5.02 Å². The Kier molecular flexibility index (Phi) is 3.85. The molecule has 1 aromatic carbocycles. The Bertz CT molecular complexity index is 490. The summed E-state index contributed by atoms with van der Waals surface area (Å²) < 4.78 is 1.35. The van der Waals surface area contributed by atoms with Gasteiger partial charge in [0.15, 0.2) is 0 Å². The Morgan fingerprint density at radius 3 is 2.88 bits per heavy atom. The fraction of sp³-hybridized carbons (Fsp3) is 0.385. The third kappa shape index (κ3) is 2.24. The largest absolute Gasteiger partial charge is 0.315 e. The van der Waals surface area contributed by atoms with Crippen molar-refractivity contribution in [2.75, 3.05) is 7.05 Å². The van der Waals surface area contributed by atoms with Gasteiger partial charge in [0.25, 0.3) is 0 Å². The Morgan fingerprint density at radius 1 is 1.38 bits per heavy atom. The Labute approximate surface area is 105 Å². The Balaban J connectivity index is 2.57. The lowest BCUT2D eigenvalue weighted by atomic mass is 10.1. The number of halogens is 1. The highest BCUT2D eigenvalue weighted by Crippen LogP contribution is 2.34. The molecule has 0 bridgehead atoms. The summed E-state index contributed by atoms with van der Waals surface area (Å²) in [6.07, 6.45) is 2.31. The summed E-state index contributed by atoms with van der Waals surface area (Å²) >= 11 is 7.94. The first kappa shape index (κ1) is 11.9. The highest BCUT2D eigenvalue weighted by molar-refractivity contribution is 7.19. The van der Waals surface area contributed by atoms with E-state index < -0.39 is 0 Å². The van der Waals surface area contributed by atoms with Crippen molar-refractivity contribution in [2.24, 2.45) is 0 Å². The molecular weight excluding hydrogens is 238 g/mol. The van der Waals surface area contributed by atoms with E-state index in [9.17, 15) is 0 Å². The van der Waals surface area contributed by atoms with Crippen LogP contribution in [-0.4, -0.2) is 7.05 Å². The van der Waals surface area contributed by atoms with Gasteiger partial charge >= 0.3 is 0 Å². The molecule has 0 saturated heterocycles. The van der Waals surface area contributed by atoms with Crippen LogP contribution in [0.4, 0.5) is 0 Å². The van der Waals surface area contributed by atoms with E-state index in [1.54, 1.807) is 0 Å². The number of rotatable bonds is 4. The molecule has 0 spiro atoms. The Morgan fingerprint density at radius 2 is 2.19 bits per heavy atom. The zero-order valence-corrected chi connectivity index (χ0v) is 11.2. The van der Waals surface area contributed by atoms with Gasteiger partial charge in [0, 0.05) is 21.1 Å². The van der Waals surface area contributed by atoms with Crippen molar-refractivity contribution in [1.29, 1.82) is 0 Å². The smallest absolute Gasteiger partial charge is 0.0413 e. The molecule has 1 N–H and O–H groups in total. The maximum atomic E-state index is 6.07. The highest BCUT2D eigenvalue weighted by Gasteiger charge is 2.10. The summed E-state index contributed by atoms with van der Waals surface area (Å²) in [7, 11) is 1.99. The van der Waals surface area contributed by atoms with E-state index in [1.807, 2.05) is 24.5 Å². The van der Waals surface area contributed by atoms with Crippen molar-refractivity contribution in [1.82, 2.24) is 5.32 Å². The molecular formula is C13H16ClNS. The van der Waals surface area contributed by atoms with Crippen LogP contribution in [0.15, 0.2) is 18.2 Å². The molecule has 0 saturated carbocycles. The first-order chi connectivity index (χ1) is 7.76. The fourth-order valence-corrected chi connectivity index (χ4v) is 3.42. The van der Waals surface area contributed by atoms with E-state index in [-0.39, 0.29) is 0 Å². The molecule has 0 aliphatic heterocycles. The third-order valence-electron chi connectivity index (χ3n) is 2.67. The molecule has 0 fully saturated rings. The lowest BCUT2D eigenvalue weighted by Gasteiger charge is -2.02. The summed E-state index contributed by atoms with van der Waals surface area (Å²) in [6, 6.07) is 6.19. The van der Waals surface area contributed by atoms with Crippen LogP contribution in [0.1, 0.15) is 23.8 Å². The number of benzene rings is 1. The number of hydrogen-bond donors (Lipinski definition) is 1. The van der Waals surface area contributed by atoms with Crippen LogP contribution >= 0.6 is 22.9 Å². The maximum Gasteiger partial charge on any atom is 0.0413 e. The molecule has 16 heavy (non-hydrogen) atoms. The molecule has 86 valence electrons. The maximum absolute atomic E-state index is 6.07. The van der Waals surface area contributed by atoms with E-state index >= 15 is 0 Å². The van der Waals surface area contributed by atoms with Crippen LogP contribution in [-0.2, 0) is 13.0 Å². The minimum Gasteiger partial charge on any atom is -0.315 e. The number of aryl methyl sites for hydroxylation is 1. The number of nitrogens with one attached hydrogen (secondary N) is 1. The number of thiophene rings is 1. The molecule has 0 amide bonds. The van der Waals surface area contributed by atoms with Crippen molar-refractivity contribution < 1.29 is 0 Å². The molecule has 0 aliphatic carbocycles. The highest BCUT2D eigenvalue weighted by atomic mass is 35.5. The molecule has 0 atom stereocenters. The minimum absolute atomic E-state index is 0.832. The van der Waals surface area contributed by atoms with E-state index in [4.69, 9.17) is 11.6 Å². The van der Waals surface area contributed by atoms with Crippen LogP contribution < -0.4 is 5.32 Å². The van der Waals surface area contributed by atoms with Gasteiger partial charge in [0.1, 0.15) is 0 Å². The second-order valence-corrected chi connectivity index (χ2v) is 5.50. The number of fused-ring (bicyclic) bond motifs is 1. The summed E-state index contributed by atoms with van der Waals surface area (Å²) in [6.45, 7) is 3.17. The van der Waals surface area contributed by atoms with Crippen LogP contribution in [0.25, 0.3) is 10.1 Å². The predicted octanol–water partition coefficient (Wildman–Crippen LogP) is 4.23. The zero-order valence-electron chi connectivity index (χ0n) is 9.64. The second kappa shape index (κ2) is 5.17. The van der Waals surface area contributed by atoms with Gasteiger partial charge in [-0.25, -0.2) is 0 Å². The SMILES string of the molecule is CCCc1c(CNC)sc2ccc(Cl)cc12. The van der Waals surface area contributed by atoms with Crippen molar-refractivity contribution in [3.05, 3.63) is 33.7 Å². The molecule has 3 heteroatoms. The lowest BCUT2D eigenvalue weighted by molar-refractivity contribution is 0.812. The summed E-state index contributed by atoms with van der Waals surface area (Å²) in [5.74, 6) is 0. The molecule has 1 nitrogen and oxygen atoms in total. The molecule has 2 rings (SSSR count). The van der Waals surface area contributed by atoms with Crippen molar-refractivity contribution in [2.45, 2.75) is 26.3 Å². The summed E-state index contributed by atoms with van der Waals surface area (Å²) in [4.78, 5) is 1.45. The van der Waals surface area contributed by atoms with Gasteiger partial charge < -0.3 is 5.32 Å². The van der Waals surface area contributed by atoms with E-state index in [2.05, 4.69) is 24.4 Å². The predicted molar refractivity (Wildman–Crippen MR) is 73.6 cm³/mol. The van der Waals surface area contributed by atoms with Crippen molar-refractivity contribution >= 4 is 33.0 Å². The van der Waals surface area contributed by atoms with Crippen molar-refractivity contribution in [3.8, 4) is 0 Å². The van der Waals surface area contributed by atoms with Gasteiger partial charge in [-0.05, 0) is 42.6 Å².